The van der Waals surface area contributed by atoms with E-state index in [2.05, 4.69) is 4.74 Å². The van der Waals surface area contributed by atoms with E-state index in [9.17, 15) is 19.2 Å². The highest BCUT2D eigenvalue weighted by Crippen LogP contribution is 2.33. The minimum Gasteiger partial charge on any atom is -0.468 e. The maximum Gasteiger partial charge on any atom is 0.318 e. The average Bonchev–Trinajstić information content (AvgIpc) is 2.68. The van der Waals surface area contributed by atoms with Crippen LogP contribution < -0.4 is 0 Å². The Morgan fingerprint density at radius 1 is 1.15 bits per heavy atom. The molecule has 0 N–H and O–H groups in total. The smallest absolute Gasteiger partial charge is 0.318 e. The van der Waals surface area contributed by atoms with Crippen LogP contribution in [0.15, 0.2) is 11.1 Å². The number of nitrogens with zero attached hydrogens (tertiary/aromatic N) is 1. The van der Waals surface area contributed by atoms with Gasteiger partial charge in [-0.25, -0.2) is 0 Å². The van der Waals surface area contributed by atoms with Gasteiger partial charge in [-0.15, -0.1) is 0 Å². The number of ether oxygens (including phenoxy) is 1. The first-order valence-corrected chi connectivity index (χ1v) is 6.64. The molecule has 2 rings (SSSR count). The number of imide groups is 1. The Hall–Kier alpha value is -1.98. The van der Waals surface area contributed by atoms with Crippen molar-refractivity contribution in [2.75, 3.05) is 13.7 Å². The van der Waals surface area contributed by atoms with Crippen LogP contribution in [0.25, 0.3) is 0 Å². The third kappa shape index (κ3) is 2.37. The molecule has 6 nitrogen and oxygen atoms in total. The van der Waals surface area contributed by atoms with Crippen molar-refractivity contribution >= 4 is 23.6 Å². The van der Waals surface area contributed by atoms with Crippen LogP contribution in [0.5, 0.6) is 0 Å². The number of amides is 2. The van der Waals surface area contributed by atoms with Crippen molar-refractivity contribution in [3.8, 4) is 0 Å². The van der Waals surface area contributed by atoms with E-state index in [1.807, 2.05) is 0 Å². The van der Waals surface area contributed by atoms with E-state index in [0.717, 1.165) is 17.7 Å². The molecule has 0 aromatic heterocycles. The zero-order valence-corrected chi connectivity index (χ0v) is 11.6. The van der Waals surface area contributed by atoms with Crippen LogP contribution in [0, 0.1) is 5.92 Å². The van der Waals surface area contributed by atoms with Crippen molar-refractivity contribution in [1.82, 2.24) is 4.90 Å². The average molecular weight is 279 g/mol. The summed E-state index contributed by atoms with van der Waals surface area (Å²) < 4.78 is 4.55. The molecule has 2 amide bonds. The molecule has 0 aromatic rings. The van der Waals surface area contributed by atoms with E-state index in [4.69, 9.17) is 0 Å². The van der Waals surface area contributed by atoms with Crippen molar-refractivity contribution in [3.63, 3.8) is 0 Å². The lowest BCUT2D eigenvalue weighted by atomic mass is 9.93. The molecule has 0 saturated carbocycles. The first kappa shape index (κ1) is 14.4. The molecule has 108 valence electrons. The summed E-state index contributed by atoms with van der Waals surface area (Å²) >= 11 is 0. The molecule has 6 heteroatoms. The van der Waals surface area contributed by atoms with Crippen molar-refractivity contribution < 1.29 is 23.9 Å². The van der Waals surface area contributed by atoms with Crippen molar-refractivity contribution in [3.05, 3.63) is 11.1 Å². The molecule has 1 aliphatic heterocycles. The quantitative estimate of drug-likeness (QED) is 0.428. The molecule has 1 aliphatic carbocycles. The monoisotopic (exact) mass is 279 g/mol. The summed E-state index contributed by atoms with van der Waals surface area (Å²) in [7, 11) is 1.18. The molecule has 2 aliphatic rings. The summed E-state index contributed by atoms with van der Waals surface area (Å²) in [5.41, 5.74) is 1.10. The van der Waals surface area contributed by atoms with Crippen LogP contribution >= 0.6 is 0 Å². The Balaban J connectivity index is 2.19. The molecule has 1 unspecified atom stereocenters. The zero-order valence-electron chi connectivity index (χ0n) is 11.6. The van der Waals surface area contributed by atoms with Crippen molar-refractivity contribution in [2.45, 2.75) is 32.6 Å². The normalized spacial score (nSPS) is 20.0. The van der Waals surface area contributed by atoms with E-state index in [0.29, 0.717) is 24.0 Å². The predicted molar refractivity (Wildman–Crippen MR) is 68.4 cm³/mol. The molecule has 0 saturated heterocycles. The van der Waals surface area contributed by atoms with E-state index in [1.54, 1.807) is 0 Å². The summed E-state index contributed by atoms with van der Waals surface area (Å²) in [5, 5.41) is 0. The highest BCUT2D eigenvalue weighted by Gasteiger charge is 2.41. The number of hydrogen-bond donors (Lipinski definition) is 0. The second-order valence-electron chi connectivity index (χ2n) is 5.07. The highest BCUT2D eigenvalue weighted by atomic mass is 16.5. The van der Waals surface area contributed by atoms with Gasteiger partial charge in [0.15, 0.2) is 0 Å². The number of rotatable bonds is 4. The standard InChI is InChI=1S/C14H17NO5/c1-8(16)11(14(19)20-2)7-15-12(17)9-5-3-4-6-10(9)13(15)18/h11H,3-7H2,1-2H3. The lowest BCUT2D eigenvalue weighted by molar-refractivity contribution is -0.151. The van der Waals surface area contributed by atoms with E-state index in [-0.39, 0.29) is 18.4 Å². The van der Waals surface area contributed by atoms with Gasteiger partial charge in [-0.2, -0.15) is 0 Å². The van der Waals surface area contributed by atoms with Crippen molar-refractivity contribution in [2.24, 2.45) is 5.92 Å². The minimum absolute atomic E-state index is 0.229. The Morgan fingerprint density at radius 3 is 2.05 bits per heavy atom. The topological polar surface area (TPSA) is 80.8 Å². The van der Waals surface area contributed by atoms with Crippen LogP contribution in [0.1, 0.15) is 32.6 Å². The molecule has 20 heavy (non-hydrogen) atoms. The maximum absolute atomic E-state index is 12.2. The van der Waals surface area contributed by atoms with Crippen LogP contribution in [0.4, 0.5) is 0 Å². The molecule has 1 heterocycles. The van der Waals surface area contributed by atoms with Gasteiger partial charge in [0.05, 0.1) is 7.11 Å². The van der Waals surface area contributed by atoms with Gasteiger partial charge < -0.3 is 4.74 Å². The fraction of sp³-hybridized carbons (Fsp3) is 0.571. The van der Waals surface area contributed by atoms with Crippen LogP contribution in [-0.2, 0) is 23.9 Å². The maximum atomic E-state index is 12.2. The molecular formula is C14H17NO5. The van der Waals surface area contributed by atoms with Gasteiger partial charge in [0.25, 0.3) is 11.8 Å². The fourth-order valence-electron chi connectivity index (χ4n) is 2.66. The lowest BCUT2D eigenvalue weighted by Gasteiger charge is -2.19. The second-order valence-corrected chi connectivity index (χ2v) is 5.07. The minimum atomic E-state index is -1.10. The number of carbonyl (C=O) groups excluding carboxylic acids is 4. The van der Waals surface area contributed by atoms with Gasteiger partial charge in [0.2, 0.25) is 0 Å². The Morgan fingerprint density at radius 2 is 1.65 bits per heavy atom. The Bertz CT molecular complexity index is 492. The summed E-state index contributed by atoms with van der Waals surface area (Å²) in [6.07, 6.45) is 2.97. The lowest BCUT2D eigenvalue weighted by Crippen LogP contribution is -2.41. The highest BCUT2D eigenvalue weighted by molar-refractivity contribution is 6.19. The number of esters is 1. The third-order valence-corrected chi connectivity index (χ3v) is 3.82. The van der Waals surface area contributed by atoms with Crippen molar-refractivity contribution in [1.29, 1.82) is 0 Å². The van der Waals surface area contributed by atoms with E-state index >= 15 is 0 Å². The molecule has 0 radical (unpaired) electrons. The van der Waals surface area contributed by atoms with Gasteiger partial charge in [-0.05, 0) is 32.6 Å². The third-order valence-electron chi connectivity index (χ3n) is 3.82. The molecule has 0 fully saturated rings. The molecule has 0 bridgehead atoms. The zero-order chi connectivity index (χ0) is 14.9. The van der Waals surface area contributed by atoms with E-state index < -0.39 is 17.7 Å². The number of carbonyl (C=O) groups is 4. The molecule has 1 atom stereocenters. The first-order valence-electron chi connectivity index (χ1n) is 6.64. The van der Waals surface area contributed by atoms with Gasteiger partial charge in [0, 0.05) is 17.7 Å². The molecule has 0 spiro atoms. The summed E-state index contributed by atoms with van der Waals surface area (Å²) in [6.45, 7) is 1.02. The van der Waals surface area contributed by atoms with Crippen LogP contribution in [0.2, 0.25) is 0 Å². The van der Waals surface area contributed by atoms with Crippen LogP contribution in [0.3, 0.4) is 0 Å². The van der Waals surface area contributed by atoms with E-state index in [1.165, 1.54) is 14.0 Å². The Kier molecular flexibility index (Phi) is 4.01. The van der Waals surface area contributed by atoms with Gasteiger partial charge in [0.1, 0.15) is 11.7 Å². The van der Waals surface area contributed by atoms with Gasteiger partial charge >= 0.3 is 5.97 Å². The van der Waals surface area contributed by atoms with Gasteiger partial charge in [-0.1, -0.05) is 0 Å². The number of methoxy groups -OCH3 is 1. The second kappa shape index (κ2) is 5.56. The largest absolute Gasteiger partial charge is 0.468 e. The number of ketones is 1. The predicted octanol–water partition coefficient (Wildman–Crippen LogP) is 0.604. The number of Topliss-reactive ketones (excluding diaryl/α,β-unsaturated/α-hetero) is 1. The summed E-state index contributed by atoms with van der Waals surface area (Å²) in [5.74, 6) is -2.96. The SMILES string of the molecule is COC(=O)C(CN1C(=O)C2=C(CCCC2)C1=O)C(C)=O. The summed E-state index contributed by atoms with van der Waals surface area (Å²) in [4.78, 5) is 48.5. The number of hydrogen-bond acceptors (Lipinski definition) is 5. The molecular weight excluding hydrogens is 262 g/mol. The molecule has 0 aromatic carbocycles. The van der Waals surface area contributed by atoms with Gasteiger partial charge in [-0.3, -0.25) is 24.1 Å². The van der Waals surface area contributed by atoms with Crippen LogP contribution in [-0.4, -0.2) is 42.1 Å². The Labute approximate surface area is 116 Å². The fourth-order valence-corrected chi connectivity index (χ4v) is 2.66. The first-order chi connectivity index (χ1) is 9.47. The summed E-state index contributed by atoms with van der Waals surface area (Å²) in [6, 6.07) is 0.